The zero-order valence-corrected chi connectivity index (χ0v) is 12.3. The highest BCUT2D eigenvalue weighted by molar-refractivity contribution is 7.17. The van der Waals surface area contributed by atoms with Crippen LogP contribution in [0.4, 0.5) is 5.13 Å². The van der Waals surface area contributed by atoms with Crippen molar-refractivity contribution in [1.29, 1.82) is 0 Å². The number of methoxy groups -OCH3 is 1. The Kier molecular flexibility index (Phi) is 4.39. The predicted octanol–water partition coefficient (Wildman–Crippen LogP) is 1.51. The third kappa shape index (κ3) is 3.29. The number of phenols is 1. The highest BCUT2D eigenvalue weighted by atomic mass is 32.1. The molecular formula is C13H14N4O3S. The molecule has 1 aromatic carbocycles. The van der Waals surface area contributed by atoms with Crippen LogP contribution >= 0.6 is 11.3 Å². The Balaban J connectivity index is 2.09. The fourth-order valence-electron chi connectivity index (χ4n) is 1.65. The smallest absolute Gasteiger partial charge is 0.283 e. The number of hydrogen-bond acceptors (Lipinski definition) is 7. The molecule has 110 valence electrons. The first-order valence-corrected chi connectivity index (χ1v) is 6.77. The van der Waals surface area contributed by atoms with E-state index in [1.54, 1.807) is 25.1 Å². The number of para-hydroxylation sites is 1. The SMILES string of the molecule is COc1cccc(/C=N\NC(=O)c2sc(N)nc2C)c1O. The Morgan fingerprint density at radius 1 is 1.57 bits per heavy atom. The van der Waals surface area contributed by atoms with Crippen molar-refractivity contribution in [2.45, 2.75) is 6.92 Å². The van der Waals surface area contributed by atoms with E-state index in [-0.39, 0.29) is 5.75 Å². The summed E-state index contributed by atoms with van der Waals surface area (Å²) in [6, 6.07) is 4.97. The molecule has 0 spiro atoms. The summed E-state index contributed by atoms with van der Waals surface area (Å²) in [4.78, 5) is 16.2. The van der Waals surface area contributed by atoms with Crippen LogP contribution in [0.2, 0.25) is 0 Å². The first kappa shape index (κ1) is 14.8. The molecule has 1 heterocycles. The molecule has 1 amide bonds. The van der Waals surface area contributed by atoms with Gasteiger partial charge in [0, 0.05) is 5.56 Å². The van der Waals surface area contributed by atoms with E-state index >= 15 is 0 Å². The number of hydrogen-bond donors (Lipinski definition) is 3. The Hall–Kier alpha value is -2.61. The molecule has 2 rings (SSSR count). The van der Waals surface area contributed by atoms with E-state index in [4.69, 9.17) is 10.5 Å². The van der Waals surface area contributed by atoms with Gasteiger partial charge in [-0.25, -0.2) is 10.4 Å². The van der Waals surface area contributed by atoms with E-state index < -0.39 is 5.91 Å². The number of rotatable bonds is 4. The van der Waals surface area contributed by atoms with Crippen LogP contribution in [0.5, 0.6) is 11.5 Å². The standard InChI is InChI=1S/C13H14N4O3S/c1-7-11(21-13(14)16-7)12(19)17-15-6-8-4-3-5-9(20-2)10(8)18/h3-6,18H,1-2H3,(H2,14,16)(H,17,19)/b15-6-. The van der Waals surface area contributed by atoms with E-state index in [2.05, 4.69) is 15.5 Å². The average Bonchev–Trinajstić information content (AvgIpc) is 2.79. The van der Waals surface area contributed by atoms with Crippen molar-refractivity contribution in [3.8, 4) is 11.5 Å². The topological polar surface area (TPSA) is 110 Å². The van der Waals surface area contributed by atoms with Crippen molar-refractivity contribution in [1.82, 2.24) is 10.4 Å². The van der Waals surface area contributed by atoms with Crippen molar-refractivity contribution >= 4 is 28.6 Å². The maximum atomic E-state index is 11.9. The highest BCUT2D eigenvalue weighted by Gasteiger charge is 2.13. The van der Waals surface area contributed by atoms with Crippen molar-refractivity contribution in [2.24, 2.45) is 5.10 Å². The molecule has 0 saturated heterocycles. The quantitative estimate of drug-likeness (QED) is 0.586. The number of anilines is 1. The third-order valence-electron chi connectivity index (χ3n) is 2.64. The Morgan fingerprint density at radius 2 is 2.33 bits per heavy atom. The second-order valence-electron chi connectivity index (χ2n) is 4.06. The molecule has 0 unspecified atom stereocenters. The number of benzene rings is 1. The molecule has 4 N–H and O–H groups in total. The number of phenolic OH excluding ortho intramolecular Hbond substituents is 1. The molecular weight excluding hydrogens is 292 g/mol. The number of nitrogens with two attached hydrogens (primary N) is 1. The fourth-order valence-corrected chi connectivity index (χ4v) is 2.37. The lowest BCUT2D eigenvalue weighted by molar-refractivity contribution is 0.0958. The van der Waals surface area contributed by atoms with Crippen molar-refractivity contribution in [2.75, 3.05) is 12.8 Å². The summed E-state index contributed by atoms with van der Waals surface area (Å²) in [5, 5.41) is 14.0. The number of nitrogens with zero attached hydrogens (tertiary/aromatic N) is 2. The van der Waals surface area contributed by atoms with E-state index in [9.17, 15) is 9.90 Å². The van der Waals surface area contributed by atoms with Gasteiger partial charge in [0.2, 0.25) is 0 Å². The maximum absolute atomic E-state index is 11.9. The van der Waals surface area contributed by atoms with Crippen LogP contribution < -0.4 is 15.9 Å². The van der Waals surface area contributed by atoms with Crippen LogP contribution in [0, 0.1) is 6.92 Å². The van der Waals surface area contributed by atoms with Crippen molar-refractivity contribution in [3.05, 3.63) is 34.3 Å². The maximum Gasteiger partial charge on any atom is 0.283 e. The van der Waals surface area contributed by atoms with Crippen LogP contribution in [0.15, 0.2) is 23.3 Å². The van der Waals surface area contributed by atoms with Gasteiger partial charge in [0.15, 0.2) is 16.6 Å². The van der Waals surface area contributed by atoms with Gasteiger partial charge in [-0.15, -0.1) is 0 Å². The Bertz CT molecular complexity index is 697. The molecule has 21 heavy (non-hydrogen) atoms. The lowest BCUT2D eigenvalue weighted by Crippen LogP contribution is -2.17. The molecule has 7 nitrogen and oxygen atoms in total. The van der Waals surface area contributed by atoms with E-state index in [0.29, 0.717) is 27.0 Å². The van der Waals surface area contributed by atoms with Gasteiger partial charge in [0.1, 0.15) is 4.88 Å². The van der Waals surface area contributed by atoms with Gasteiger partial charge >= 0.3 is 0 Å². The second kappa shape index (κ2) is 6.23. The minimum atomic E-state index is -0.402. The number of carbonyl (C=O) groups is 1. The monoisotopic (exact) mass is 306 g/mol. The van der Waals surface area contributed by atoms with Gasteiger partial charge in [0.05, 0.1) is 19.0 Å². The molecule has 0 saturated carbocycles. The van der Waals surface area contributed by atoms with Crippen LogP contribution in [-0.4, -0.2) is 29.3 Å². The summed E-state index contributed by atoms with van der Waals surface area (Å²) in [6.45, 7) is 1.69. The lowest BCUT2D eigenvalue weighted by Gasteiger charge is -2.04. The normalized spacial score (nSPS) is 10.8. The summed E-state index contributed by atoms with van der Waals surface area (Å²) in [5.41, 5.74) is 8.87. The van der Waals surface area contributed by atoms with E-state index in [0.717, 1.165) is 11.3 Å². The summed E-state index contributed by atoms with van der Waals surface area (Å²) in [6.07, 6.45) is 1.33. The number of ether oxygens (including phenoxy) is 1. The first-order chi connectivity index (χ1) is 10.0. The summed E-state index contributed by atoms with van der Waals surface area (Å²) >= 11 is 1.09. The number of aromatic nitrogens is 1. The summed E-state index contributed by atoms with van der Waals surface area (Å²) < 4.78 is 4.98. The zero-order valence-electron chi connectivity index (χ0n) is 11.5. The minimum Gasteiger partial charge on any atom is -0.504 e. The van der Waals surface area contributed by atoms with Gasteiger partial charge in [-0.3, -0.25) is 4.79 Å². The number of nitrogens with one attached hydrogen (secondary N) is 1. The largest absolute Gasteiger partial charge is 0.504 e. The number of thiazole rings is 1. The van der Waals surface area contributed by atoms with Crippen LogP contribution in [-0.2, 0) is 0 Å². The molecule has 2 aromatic rings. The Morgan fingerprint density at radius 3 is 2.95 bits per heavy atom. The van der Waals surface area contributed by atoms with Crippen molar-refractivity contribution < 1.29 is 14.6 Å². The minimum absolute atomic E-state index is 0.0452. The number of amides is 1. The first-order valence-electron chi connectivity index (χ1n) is 5.95. The number of aromatic hydroxyl groups is 1. The predicted molar refractivity (Wildman–Crippen MR) is 81.0 cm³/mol. The lowest BCUT2D eigenvalue weighted by atomic mass is 10.2. The van der Waals surface area contributed by atoms with Crippen LogP contribution in [0.3, 0.4) is 0 Å². The average molecular weight is 306 g/mol. The molecule has 0 atom stereocenters. The zero-order chi connectivity index (χ0) is 15.4. The van der Waals surface area contributed by atoms with Crippen molar-refractivity contribution in [3.63, 3.8) is 0 Å². The van der Waals surface area contributed by atoms with Gasteiger partial charge in [-0.05, 0) is 19.1 Å². The van der Waals surface area contributed by atoms with Gasteiger partial charge in [0.25, 0.3) is 5.91 Å². The molecule has 0 fully saturated rings. The molecule has 8 heteroatoms. The summed E-state index contributed by atoms with van der Waals surface area (Å²) in [5.74, 6) is -0.118. The van der Waals surface area contributed by atoms with Crippen LogP contribution in [0.1, 0.15) is 20.9 Å². The van der Waals surface area contributed by atoms with Gasteiger partial charge in [-0.2, -0.15) is 5.10 Å². The molecule has 1 aromatic heterocycles. The van der Waals surface area contributed by atoms with E-state index in [1.165, 1.54) is 13.3 Å². The fraction of sp³-hybridized carbons (Fsp3) is 0.154. The second-order valence-corrected chi connectivity index (χ2v) is 5.09. The molecule has 0 radical (unpaired) electrons. The molecule has 0 aliphatic rings. The van der Waals surface area contributed by atoms with Crippen LogP contribution in [0.25, 0.3) is 0 Å². The Labute approximate surface area is 125 Å². The third-order valence-corrected chi connectivity index (χ3v) is 3.62. The van der Waals surface area contributed by atoms with Gasteiger partial charge in [-0.1, -0.05) is 17.4 Å². The highest BCUT2D eigenvalue weighted by Crippen LogP contribution is 2.27. The molecule has 0 bridgehead atoms. The molecule has 0 aliphatic carbocycles. The number of aryl methyl sites for hydroxylation is 1. The summed E-state index contributed by atoms with van der Waals surface area (Å²) in [7, 11) is 1.45. The molecule has 0 aliphatic heterocycles. The number of carbonyl (C=O) groups excluding carboxylic acids is 1. The van der Waals surface area contributed by atoms with Gasteiger partial charge < -0.3 is 15.6 Å². The van der Waals surface area contributed by atoms with E-state index in [1.807, 2.05) is 0 Å². The number of nitrogen functional groups attached to an aromatic ring is 1. The number of hydrazone groups is 1.